The molecule has 0 aliphatic rings. The van der Waals surface area contributed by atoms with E-state index in [2.05, 4.69) is 24.3 Å². The molecule has 0 aromatic heterocycles. The minimum Gasteiger partial charge on any atom is -0.547 e. The molecule has 0 fully saturated rings. The quantitative estimate of drug-likeness (QED) is 0.524. The highest BCUT2D eigenvalue weighted by Gasteiger charge is 1.85. The van der Waals surface area contributed by atoms with E-state index in [0.717, 1.165) is 0 Å². The van der Waals surface area contributed by atoms with Crippen molar-refractivity contribution >= 4 is 6.16 Å². The van der Waals surface area contributed by atoms with Gasteiger partial charge in [0.2, 0.25) is 0 Å². The summed E-state index contributed by atoms with van der Waals surface area (Å²) in [5, 5.41) is 9.48. The molecule has 0 spiro atoms. The van der Waals surface area contributed by atoms with Crippen LogP contribution in [0.3, 0.4) is 0 Å². The van der Waals surface area contributed by atoms with E-state index >= 15 is 0 Å². The highest BCUT2D eigenvalue weighted by atomic mass is 16.7. The summed E-state index contributed by atoms with van der Waals surface area (Å²) in [6, 6.07) is 0.583. The second kappa shape index (κ2) is 7.34. The molecule has 0 amide bonds. The monoisotopic (exact) mass is 163 g/mol. The zero-order valence-corrected chi connectivity index (χ0v) is 7.59. The Morgan fingerprint density at radius 2 is 1.64 bits per heavy atom. The van der Waals surface area contributed by atoms with Crippen LogP contribution < -0.4 is 10.8 Å². The summed E-state index contributed by atoms with van der Waals surface area (Å²) >= 11 is 0. The number of ether oxygens (including phenoxy) is 1. The van der Waals surface area contributed by atoms with E-state index in [-0.39, 0.29) is 6.10 Å². The molecule has 0 saturated heterocycles. The highest BCUT2D eigenvalue weighted by molar-refractivity contribution is 5.54. The van der Waals surface area contributed by atoms with Gasteiger partial charge in [0.25, 0.3) is 6.16 Å². The van der Waals surface area contributed by atoms with Gasteiger partial charge in [0, 0.05) is 6.10 Å². The van der Waals surface area contributed by atoms with Gasteiger partial charge in [0.15, 0.2) is 0 Å². The Balaban J connectivity index is 0. The van der Waals surface area contributed by atoms with Crippen LogP contribution in [0.15, 0.2) is 0 Å². The van der Waals surface area contributed by atoms with Crippen molar-refractivity contribution in [3.8, 4) is 0 Å². The minimum absolute atomic E-state index is 0.287. The summed E-state index contributed by atoms with van der Waals surface area (Å²) < 4.78 is 4.06. The van der Waals surface area contributed by atoms with Gasteiger partial charge in [-0.2, -0.15) is 0 Å². The van der Waals surface area contributed by atoms with E-state index in [9.17, 15) is 9.90 Å². The maximum Gasteiger partial charge on any atom is 0.252 e. The zero-order chi connectivity index (χ0) is 9.44. The van der Waals surface area contributed by atoms with E-state index in [1.807, 2.05) is 0 Å². The van der Waals surface area contributed by atoms with E-state index in [4.69, 9.17) is 0 Å². The molecule has 0 atom stereocenters. The smallest absolute Gasteiger partial charge is 0.252 e. The van der Waals surface area contributed by atoms with E-state index in [1.165, 1.54) is 0 Å². The van der Waals surface area contributed by atoms with Crippen molar-refractivity contribution in [3.05, 3.63) is 0 Å². The van der Waals surface area contributed by atoms with E-state index in [0.29, 0.717) is 6.04 Å². The number of carbonyl (C=O) groups excluding carboxylic acids is 1. The summed E-state index contributed by atoms with van der Waals surface area (Å²) in [6.45, 7) is 7.35. The second-order valence-electron chi connectivity index (χ2n) is 2.81. The van der Waals surface area contributed by atoms with Crippen LogP contribution in [-0.2, 0) is 4.74 Å². The zero-order valence-electron chi connectivity index (χ0n) is 7.59. The first-order chi connectivity index (χ1) is 4.86. The molecule has 0 saturated carbocycles. The summed E-state index contributed by atoms with van der Waals surface area (Å²) in [4.78, 5) is 9.48. The van der Waals surface area contributed by atoms with Gasteiger partial charge in [-0.25, -0.2) is 0 Å². The Bertz CT molecular complexity index is 99.1. The molecule has 68 valence electrons. The Hall–Kier alpha value is -0.770. The molecule has 0 aromatic rings. The predicted octanol–water partition coefficient (Wildman–Crippen LogP) is -0.609. The van der Waals surface area contributed by atoms with Gasteiger partial charge in [-0.05, 0) is 27.7 Å². The number of quaternary nitrogens is 1. The lowest BCUT2D eigenvalue weighted by Crippen LogP contribution is -2.57. The largest absolute Gasteiger partial charge is 0.547 e. The number of hydrogen-bond acceptors (Lipinski definition) is 3. The van der Waals surface area contributed by atoms with Crippen LogP contribution in [-0.4, -0.2) is 18.3 Å². The lowest BCUT2D eigenvalue weighted by molar-refractivity contribution is -0.407. The van der Waals surface area contributed by atoms with Gasteiger partial charge < -0.3 is 20.4 Å². The SMILES string of the molecule is CC(C)OC(=O)[O-].CC(C)[NH3+]. The Morgan fingerprint density at radius 3 is 1.64 bits per heavy atom. The maximum absolute atomic E-state index is 9.48. The number of carbonyl (C=O) groups is 1. The van der Waals surface area contributed by atoms with Gasteiger partial charge in [0.05, 0.1) is 6.04 Å². The fraction of sp³-hybridized carbons (Fsp3) is 0.857. The first kappa shape index (κ1) is 12.9. The third-order valence-electron chi connectivity index (χ3n) is 0.332. The number of carboxylic acid groups (broad SMARTS) is 1. The van der Waals surface area contributed by atoms with Crippen molar-refractivity contribution in [2.24, 2.45) is 0 Å². The molecule has 0 radical (unpaired) electrons. The lowest BCUT2D eigenvalue weighted by Gasteiger charge is -2.10. The van der Waals surface area contributed by atoms with Crippen LogP contribution >= 0.6 is 0 Å². The van der Waals surface area contributed by atoms with Crippen molar-refractivity contribution < 1.29 is 20.4 Å². The van der Waals surface area contributed by atoms with Crippen LogP contribution in [0.4, 0.5) is 4.79 Å². The topological polar surface area (TPSA) is 77.0 Å². The molecule has 4 heteroatoms. The van der Waals surface area contributed by atoms with Crippen molar-refractivity contribution in [2.45, 2.75) is 39.8 Å². The van der Waals surface area contributed by atoms with E-state index < -0.39 is 6.16 Å². The molecule has 4 nitrogen and oxygen atoms in total. The van der Waals surface area contributed by atoms with Crippen LogP contribution in [0, 0.1) is 0 Å². The summed E-state index contributed by atoms with van der Waals surface area (Å²) in [5.74, 6) is 0. The molecule has 11 heavy (non-hydrogen) atoms. The molecular weight excluding hydrogens is 146 g/mol. The van der Waals surface area contributed by atoms with Crippen molar-refractivity contribution in [2.75, 3.05) is 0 Å². The fourth-order valence-corrected chi connectivity index (χ4v) is 0.192. The van der Waals surface area contributed by atoms with E-state index in [1.54, 1.807) is 13.8 Å². The van der Waals surface area contributed by atoms with Crippen LogP contribution in [0.5, 0.6) is 0 Å². The highest BCUT2D eigenvalue weighted by Crippen LogP contribution is 1.83. The normalized spacial score (nSPS) is 9.00. The predicted molar refractivity (Wildman–Crippen MR) is 39.6 cm³/mol. The Morgan fingerprint density at radius 1 is 1.36 bits per heavy atom. The average Bonchev–Trinajstić information content (AvgIpc) is 1.56. The molecule has 0 aliphatic carbocycles. The molecule has 0 heterocycles. The van der Waals surface area contributed by atoms with Gasteiger partial charge >= 0.3 is 0 Å². The van der Waals surface area contributed by atoms with Crippen LogP contribution in [0.1, 0.15) is 27.7 Å². The molecule has 0 rings (SSSR count). The number of rotatable bonds is 1. The van der Waals surface area contributed by atoms with Crippen LogP contribution in [0.25, 0.3) is 0 Å². The molecule has 0 aliphatic heterocycles. The van der Waals surface area contributed by atoms with Crippen molar-refractivity contribution in [1.82, 2.24) is 0 Å². The molecular formula is C7H17NO3. The summed E-state index contributed by atoms with van der Waals surface area (Å²) in [5.41, 5.74) is 3.64. The Labute approximate surface area is 67.3 Å². The average molecular weight is 163 g/mol. The molecule has 0 aromatic carbocycles. The van der Waals surface area contributed by atoms with Gasteiger partial charge in [0.1, 0.15) is 0 Å². The minimum atomic E-state index is -1.46. The summed E-state index contributed by atoms with van der Waals surface area (Å²) in [6.07, 6.45) is -1.75. The van der Waals surface area contributed by atoms with Crippen molar-refractivity contribution in [3.63, 3.8) is 0 Å². The molecule has 3 N–H and O–H groups in total. The molecule has 0 unspecified atom stereocenters. The summed E-state index contributed by atoms with van der Waals surface area (Å²) in [7, 11) is 0. The third kappa shape index (κ3) is 46.2. The van der Waals surface area contributed by atoms with Gasteiger partial charge in [-0.15, -0.1) is 0 Å². The second-order valence-corrected chi connectivity index (χ2v) is 2.81. The van der Waals surface area contributed by atoms with Crippen molar-refractivity contribution in [1.29, 1.82) is 0 Å². The first-order valence-corrected chi connectivity index (χ1v) is 3.57. The standard InChI is InChI=1S/C4H8O3.C3H9N/c1-3(2)7-4(5)6;1-3(2)4/h3H,1-2H3,(H,5,6);3H,4H2,1-2H3. The van der Waals surface area contributed by atoms with Gasteiger partial charge in [-0.1, -0.05) is 0 Å². The van der Waals surface area contributed by atoms with Gasteiger partial charge in [-0.3, -0.25) is 0 Å². The van der Waals surface area contributed by atoms with Crippen LogP contribution in [0.2, 0.25) is 0 Å². The lowest BCUT2D eigenvalue weighted by atomic mass is 10.5. The first-order valence-electron chi connectivity index (χ1n) is 3.57. The maximum atomic E-state index is 9.48. The third-order valence-corrected chi connectivity index (χ3v) is 0.332. The molecule has 0 bridgehead atoms. The number of hydrogen-bond donors (Lipinski definition) is 1. The Kier molecular flexibility index (Phi) is 8.58. The fourth-order valence-electron chi connectivity index (χ4n) is 0.192.